The molecule has 1 heterocycles. The molecule has 1 fully saturated rings. The first-order valence-corrected chi connectivity index (χ1v) is 7.00. The normalized spacial score (nSPS) is 16.7. The molecular formula is C10H17N3O2S. The van der Waals surface area contributed by atoms with E-state index in [-0.39, 0.29) is 6.04 Å². The van der Waals surface area contributed by atoms with Crippen LogP contribution in [-0.2, 0) is 16.6 Å². The van der Waals surface area contributed by atoms with Crippen molar-refractivity contribution in [1.29, 1.82) is 0 Å². The van der Waals surface area contributed by atoms with Gasteiger partial charge in [-0.05, 0) is 33.6 Å². The molecule has 0 unspecified atom stereocenters. The molecule has 1 aromatic rings. The van der Waals surface area contributed by atoms with Gasteiger partial charge in [-0.15, -0.1) is 0 Å². The van der Waals surface area contributed by atoms with Gasteiger partial charge in [0, 0.05) is 12.6 Å². The van der Waals surface area contributed by atoms with Crippen molar-refractivity contribution < 1.29 is 8.42 Å². The fourth-order valence-corrected chi connectivity index (χ4v) is 3.57. The Morgan fingerprint density at radius 3 is 2.50 bits per heavy atom. The Hall–Kier alpha value is -0.880. The van der Waals surface area contributed by atoms with Gasteiger partial charge in [0.05, 0.1) is 11.4 Å². The number of aromatic nitrogens is 2. The highest BCUT2D eigenvalue weighted by molar-refractivity contribution is 7.89. The van der Waals surface area contributed by atoms with E-state index < -0.39 is 10.0 Å². The van der Waals surface area contributed by atoms with Gasteiger partial charge in [-0.25, -0.2) is 13.1 Å². The lowest BCUT2D eigenvalue weighted by Crippen LogP contribution is -2.26. The van der Waals surface area contributed by atoms with Gasteiger partial charge in [-0.1, -0.05) is 0 Å². The van der Waals surface area contributed by atoms with Gasteiger partial charge in [-0.2, -0.15) is 5.10 Å². The summed E-state index contributed by atoms with van der Waals surface area (Å²) in [5, 5.41) is 4.22. The van der Waals surface area contributed by atoms with Gasteiger partial charge >= 0.3 is 0 Å². The van der Waals surface area contributed by atoms with Crippen LogP contribution in [0.4, 0.5) is 0 Å². The van der Waals surface area contributed by atoms with Crippen molar-refractivity contribution in [3.8, 4) is 0 Å². The Bertz CT molecular complexity index is 500. The minimum absolute atomic E-state index is 0.133. The zero-order valence-corrected chi connectivity index (χ0v) is 10.6. The number of hydrogen-bond acceptors (Lipinski definition) is 3. The maximum atomic E-state index is 12.1. The smallest absolute Gasteiger partial charge is 0.244 e. The number of rotatable bonds is 4. The molecular weight excluding hydrogens is 226 g/mol. The summed E-state index contributed by atoms with van der Waals surface area (Å²) in [6.07, 6.45) is 1.89. The van der Waals surface area contributed by atoms with Crippen LogP contribution in [0.2, 0.25) is 0 Å². The van der Waals surface area contributed by atoms with E-state index in [1.165, 1.54) is 0 Å². The van der Waals surface area contributed by atoms with Gasteiger partial charge in [0.2, 0.25) is 10.0 Å². The fraction of sp³-hybridized carbons (Fsp3) is 0.700. The molecule has 0 amide bonds. The molecule has 0 saturated heterocycles. The first-order chi connectivity index (χ1) is 7.45. The summed E-state index contributed by atoms with van der Waals surface area (Å²) >= 11 is 0. The average molecular weight is 243 g/mol. The third-order valence-electron chi connectivity index (χ3n) is 2.78. The predicted molar refractivity (Wildman–Crippen MR) is 60.7 cm³/mol. The van der Waals surface area contributed by atoms with E-state index in [1.54, 1.807) is 18.5 Å². The molecule has 0 bridgehead atoms. The lowest BCUT2D eigenvalue weighted by atomic mass is 10.4. The number of aryl methyl sites for hydroxylation is 2. The quantitative estimate of drug-likeness (QED) is 0.856. The highest BCUT2D eigenvalue weighted by Gasteiger charge is 2.31. The summed E-state index contributed by atoms with van der Waals surface area (Å²) in [6.45, 7) is 6.17. The number of nitrogens with one attached hydrogen (secondary N) is 1. The Balaban J connectivity index is 2.41. The number of sulfonamides is 1. The van der Waals surface area contributed by atoms with Crippen molar-refractivity contribution in [3.63, 3.8) is 0 Å². The van der Waals surface area contributed by atoms with E-state index in [9.17, 15) is 8.42 Å². The molecule has 0 aromatic carbocycles. The minimum atomic E-state index is -3.38. The van der Waals surface area contributed by atoms with E-state index in [0.29, 0.717) is 22.8 Å². The fourth-order valence-electron chi connectivity index (χ4n) is 1.86. The number of nitrogens with zero attached hydrogens (tertiary/aromatic N) is 2. The molecule has 1 aromatic heterocycles. The first-order valence-electron chi connectivity index (χ1n) is 5.52. The standard InChI is InChI=1S/C10H17N3O2S/c1-4-13-8(3)10(7(2)11-13)16(14,15)12-9-5-6-9/h9,12H,4-6H2,1-3H3. The lowest BCUT2D eigenvalue weighted by Gasteiger charge is -2.05. The van der Waals surface area contributed by atoms with Gasteiger partial charge in [0.1, 0.15) is 4.90 Å². The van der Waals surface area contributed by atoms with Crippen LogP contribution in [-0.4, -0.2) is 24.2 Å². The van der Waals surface area contributed by atoms with Crippen LogP contribution < -0.4 is 4.72 Å². The third kappa shape index (κ3) is 1.99. The highest BCUT2D eigenvalue weighted by atomic mass is 32.2. The van der Waals surface area contributed by atoms with Crippen LogP contribution in [0, 0.1) is 13.8 Å². The minimum Gasteiger partial charge on any atom is -0.268 e. The SMILES string of the molecule is CCn1nc(C)c(S(=O)(=O)NC2CC2)c1C. The van der Waals surface area contributed by atoms with E-state index in [0.717, 1.165) is 12.8 Å². The van der Waals surface area contributed by atoms with Crippen LogP contribution in [0.5, 0.6) is 0 Å². The Kier molecular flexibility index (Phi) is 2.79. The van der Waals surface area contributed by atoms with E-state index in [2.05, 4.69) is 9.82 Å². The predicted octanol–water partition coefficient (Wildman–Crippen LogP) is 0.961. The maximum absolute atomic E-state index is 12.1. The van der Waals surface area contributed by atoms with Crippen molar-refractivity contribution in [2.24, 2.45) is 0 Å². The molecule has 0 atom stereocenters. The first kappa shape index (κ1) is 11.6. The summed E-state index contributed by atoms with van der Waals surface area (Å²) in [6, 6.07) is 0.133. The van der Waals surface area contributed by atoms with E-state index in [4.69, 9.17) is 0 Å². The zero-order chi connectivity index (χ0) is 11.9. The summed E-state index contributed by atoms with van der Waals surface area (Å²) in [5.41, 5.74) is 1.29. The summed E-state index contributed by atoms with van der Waals surface area (Å²) < 4.78 is 28.6. The van der Waals surface area contributed by atoms with Gasteiger partial charge in [-0.3, -0.25) is 4.68 Å². The summed E-state index contributed by atoms with van der Waals surface area (Å²) in [7, 11) is -3.38. The topological polar surface area (TPSA) is 64.0 Å². The Labute approximate surface area is 95.9 Å². The maximum Gasteiger partial charge on any atom is 0.244 e. The molecule has 1 saturated carbocycles. The van der Waals surface area contributed by atoms with Crippen LogP contribution in [0.3, 0.4) is 0 Å². The molecule has 90 valence electrons. The molecule has 1 aliphatic carbocycles. The molecule has 0 aliphatic heterocycles. The monoisotopic (exact) mass is 243 g/mol. The largest absolute Gasteiger partial charge is 0.268 e. The van der Waals surface area contributed by atoms with Gasteiger partial charge < -0.3 is 0 Å². The second-order valence-corrected chi connectivity index (χ2v) is 5.86. The van der Waals surface area contributed by atoms with Gasteiger partial charge in [0.25, 0.3) is 0 Å². The average Bonchev–Trinajstić information content (AvgIpc) is 2.91. The third-order valence-corrected chi connectivity index (χ3v) is 4.55. The Morgan fingerprint density at radius 1 is 1.44 bits per heavy atom. The van der Waals surface area contributed by atoms with Crippen molar-refractivity contribution in [3.05, 3.63) is 11.4 Å². The second-order valence-electron chi connectivity index (χ2n) is 4.21. The van der Waals surface area contributed by atoms with Crippen LogP contribution in [0.25, 0.3) is 0 Å². The van der Waals surface area contributed by atoms with E-state index >= 15 is 0 Å². The van der Waals surface area contributed by atoms with Gasteiger partial charge in [0.15, 0.2) is 0 Å². The molecule has 16 heavy (non-hydrogen) atoms. The van der Waals surface area contributed by atoms with Crippen molar-refractivity contribution >= 4 is 10.0 Å². The summed E-state index contributed by atoms with van der Waals surface area (Å²) in [4.78, 5) is 0.348. The summed E-state index contributed by atoms with van der Waals surface area (Å²) in [5.74, 6) is 0. The molecule has 1 aliphatic rings. The van der Waals surface area contributed by atoms with Crippen molar-refractivity contribution in [2.45, 2.75) is 51.1 Å². The zero-order valence-electron chi connectivity index (χ0n) is 9.82. The highest BCUT2D eigenvalue weighted by Crippen LogP contribution is 2.25. The second kappa shape index (κ2) is 3.85. The molecule has 0 radical (unpaired) electrons. The van der Waals surface area contributed by atoms with Crippen molar-refractivity contribution in [1.82, 2.24) is 14.5 Å². The van der Waals surface area contributed by atoms with Crippen LogP contribution in [0.1, 0.15) is 31.2 Å². The van der Waals surface area contributed by atoms with Crippen molar-refractivity contribution in [2.75, 3.05) is 0 Å². The van der Waals surface area contributed by atoms with E-state index in [1.807, 2.05) is 6.92 Å². The molecule has 0 spiro atoms. The van der Waals surface area contributed by atoms with Crippen LogP contribution in [0.15, 0.2) is 4.90 Å². The lowest BCUT2D eigenvalue weighted by molar-refractivity contribution is 0.578. The Morgan fingerprint density at radius 2 is 2.06 bits per heavy atom. The molecule has 1 N–H and O–H groups in total. The number of hydrogen-bond donors (Lipinski definition) is 1. The van der Waals surface area contributed by atoms with Crippen LogP contribution >= 0.6 is 0 Å². The molecule has 5 nitrogen and oxygen atoms in total. The molecule has 6 heteroatoms. The molecule has 2 rings (SSSR count).